The summed E-state index contributed by atoms with van der Waals surface area (Å²) in [7, 11) is 0. The van der Waals surface area contributed by atoms with Crippen LogP contribution in [0.25, 0.3) is 0 Å². The highest BCUT2D eigenvalue weighted by Crippen LogP contribution is 2.37. The van der Waals surface area contributed by atoms with Crippen LogP contribution in [0.2, 0.25) is 0 Å². The lowest BCUT2D eigenvalue weighted by molar-refractivity contribution is -0.187. The summed E-state index contributed by atoms with van der Waals surface area (Å²) in [5.41, 5.74) is 1.12. The third-order valence-corrected chi connectivity index (χ3v) is 6.07. The molecule has 3 rings (SSSR count). The molecule has 26 heavy (non-hydrogen) atoms. The van der Waals surface area contributed by atoms with E-state index in [1.165, 1.54) is 4.88 Å². The topological polar surface area (TPSA) is 82.5 Å². The van der Waals surface area contributed by atoms with Crippen LogP contribution in [-0.2, 0) is 24.1 Å². The molecule has 144 valence electrons. The predicted octanol–water partition coefficient (Wildman–Crippen LogP) is 2.47. The maximum absolute atomic E-state index is 13.0. The van der Waals surface area contributed by atoms with Crippen LogP contribution in [0.4, 0.5) is 18.0 Å². The Balaban J connectivity index is 1.52. The number of amides is 2. The fourth-order valence-electron chi connectivity index (χ4n) is 3.45. The second-order valence-corrected chi connectivity index (χ2v) is 7.83. The molecular formula is C16H20F3N3O3S. The molecule has 1 aromatic rings. The molecule has 1 aliphatic heterocycles. The Bertz CT molecular complexity index is 669. The molecule has 2 atom stereocenters. The lowest BCUT2D eigenvalue weighted by Gasteiger charge is -2.18. The average Bonchev–Trinajstić information content (AvgIpc) is 3.18. The molecule has 2 aliphatic rings. The van der Waals surface area contributed by atoms with Gasteiger partial charge in [0.25, 0.3) is 0 Å². The van der Waals surface area contributed by atoms with E-state index in [2.05, 4.69) is 10.3 Å². The van der Waals surface area contributed by atoms with Crippen molar-refractivity contribution in [2.45, 2.75) is 38.3 Å². The van der Waals surface area contributed by atoms with Crippen LogP contribution in [0.5, 0.6) is 0 Å². The second-order valence-electron chi connectivity index (χ2n) is 6.66. The van der Waals surface area contributed by atoms with Crippen molar-refractivity contribution in [1.82, 2.24) is 15.2 Å². The van der Waals surface area contributed by atoms with E-state index < -0.39 is 43.1 Å². The number of aromatic nitrogens is 1. The zero-order chi connectivity index (χ0) is 18.9. The molecule has 0 radical (unpaired) electrons. The third-order valence-electron chi connectivity index (χ3n) is 4.85. The van der Waals surface area contributed by atoms with Gasteiger partial charge in [-0.05, 0) is 25.7 Å². The number of aliphatic carboxylic acids is 1. The molecule has 2 heterocycles. The van der Waals surface area contributed by atoms with Gasteiger partial charge in [0.2, 0.25) is 0 Å². The number of hydrogen-bond donors (Lipinski definition) is 2. The minimum Gasteiger partial charge on any atom is -0.481 e. The van der Waals surface area contributed by atoms with Gasteiger partial charge < -0.3 is 15.3 Å². The van der Waals surface area contributed by atoms with Gasteiger partial charge >= 0.3 is 18.2 Å². The Kier molecular flexibility index (Phi) is 5.40. The molecule has 0 saturated carbocycles. The highest BCUT2D eigenvalue weighted by molar-refractivity contribution is 7.11. The summed E-state index contributed by atoms with van der Waals surface area (Å²) in [5, 5.41) is 12.5. The Morgan fingerprint density at radius 2 is 2.00 bits per heavy atom. The summed E-state index contributed by atoms with van der Waals surface area (Å²) < 4.78 is 38.9. The van der Waals surface area contributed by atoms with Crippen molar-refractivity contribution < 1.29 is 27.9 Å². The highest BCUT2D eigenvalue weighted by atomic mass is 32.1. The molecule has 1 saturated heterocycles. The summed E-state index contributed by atoms with van der Waals surface area (Å²) in [4.78, 5) is 29.9. The van der Waals surface area contributed by atoms with Crippen molar-refractivity contribution in [3.05, 3.63) is 15.6 Å². The smallest absolute Gasteiger partial charge is 0.394 e. The Hall–Kier alpha value is -1.84. The number of carbonyl (C=O) groups is 2. The van der Waals surface area contributed by atoms with Crippen LogP contribution in [0.3, 0.4) is 0 Å². The molecule has 10 heteroatoms. The summed E-state index contributed by atoms with van der Waals surface area (Å²) in [6.45, 7) is -0.801. The standard InChI is InChI=1S/C16H20F3N3O3S/c17-16(18,19)10-8-22(7-9(10)14(23)24)15(25)20-6-5-13-21-11-3-1-2-4-12(11)26-13/h9-10H,1-8H2,(H,20,25)(H,23,24)/t9-,10-/m1/s1. The van der Waals surface area contributed by atoms with Gasteiger partial charge in [-0.3, -0.25) is 4.79 Å². The lowest BCUT2D eigenvalue weighted by Crippen LogP contribution is -2.40. The molecule has 1 fully saturated rings. The number of nitrogens with one attached hydrogen (secondary N) is 1. The number of carboxylic acid groups (broad SMARTS) is 1. The van der Waals surface area contributed by atoms with Crippen LogP contribution in [0, 0.1) is 11.8 Å². The molecule has 0 aromatic carbocycles. The van der Waals surface area contributed by atoms with Crippen molar-refractivity contribution in [3.8, 4) is 0 Å². The van der Waals surface area contributed by atoms with Gasteiger partial charge in [0.1, 0.15) is 0 Å². The van der Waals surface area contributed by atoms with E-state index >= 15 is 0 Å². The van der Waals surface area contributed by atoms with E-state index in [-0.39, 0.29) is 6.54 Å². The zero-order valence-corrected chi connectivity index (χ0v) is 14.8. The number of carboxylic acids is 1. The summed E-state index contributed by atoms with van der Waals surface area (Å²) >= 11 is 1.62. The number of thiazole rings is 1. The van der Waals surface area contributed by atoms with Crippen molar-refractivity contribution in [2.24, 2.45) is 11.8 Å². The first-order valence-corrected chi connectivity index (χ1v) is 9.37. The Labute approximate surface area is 152 Å². The monoisotopic (exact) mass is 391 g/mol. The highest BCUT2D eigenvalue weighted by Gasteiger charge is 2.53. The van der Waals surface area contributed by atoms with Crippen molar-refractivity contribution in [3.63, 3.8) is 0 Å². The van der Waals surface area contributed by atoms with Crippen LogP contribution >= 0.6 is 11.3 Å². The largest absolute Gasteiger partial charge is 0.481 e. The van der Waals surface area contributed by atoms with E-state index in [4.69, 9.17) is 5.11 Å². The van der Waals surface area contributed by atoms with Gasteiger partial charge in [-0.25, -0.2) is 9.78 Å². The van der Waals surface area contributed by atoms with Gasteiger partial charge in [-0.2, -0.15) is 13.2 Å². The number of nitrogens with zero attached hydrogens (tertiary/aromatic N) is 2. The number of halogens is 3. The number of carbonyl (C=O) groups excluding carboxylic acids is 1. The van der Waals surface area contributed by atoms with Crippen molar-refractivity contribution in [2.75, 3.05) is 19.6 Å². The van der Waals surface area contributed by atoms with Crippen LogP contribution < -0.4 is 5.32 Å². The second kappa shape index (κ2) is 7.42. The number of fused-ring (bicyclic) bond motifs is 1. The van der Waals surface area contributed by atoms with Gasteiger partial charge in [0.05, 0.1) is 22.5 Å². The molecule has 2 amide bonds. The molecule has 1 aromatic heterocycles. The molecule has 0 unspecified atom stereocenters. The van der Waals surface area contributed by atoms with Crippen molar-refractivity contribution >= 4 is 23.3 Å². The first kappa shape index (κ1) is 18.9. The number of alkyl halides is 3. The Morgan fingerprint density at radius 1 is 1.27 bits per heavy atom. The van der Waals surface area contributed by atoms with E-state index in [0.29, 0.717) is 6.42 Å². The van der Waals surface area contributed by atoms with Gasteiger partial charge in [-0.15, -0.1) is 11.3 Å². The van der Waals surface area contributed by atoms with E-state index in [9.17, 15) is 22.8 Å². The minimum absolute atomic E-state index is 0.260. The summed E-state index contributed by atoms with van der Waals surface area (Å²) in [5.74, 6) is -5.18. The molecule has 2 N–H and O–H groups in total. The van der Waals surface area contributed by atoms with Gasteiger partial charge in [-0.1, -0.05) is 0 Å². The lowest BCUT2D eigenvalue weighted by atomic mass is 9.96. The summed E-state index contributed by atoms with van der Waals surface area (Å²) in [6.07, 6.45) is 0.169. The quantitative estimate of drug-likeness (QED) is 0.826. The van der Waals surface area contributed by atoms with Gasteiger partial charge in [0, 0.05) is 30.9 Å². The molecular weight excluding hydrogens is 371 g/mol. The van der Waals surface area contributed by atoms with E-state index in [1.54, 1.807) is 11.3 Å². The van der Waals surface area contributed by atoms with Crippen LogP contribution in [0.1, 0.15) is 28.4 Å². The SMILES string of the molecule is O=C(O)[C@@H]1CN(C(=O)NCCc2nc3c(s2)CCCC3)C[C@H]1C(F)(F)F. The minimum atomic E-state index is -4.64. The van der Waals surface area contributed by atoms with E-state index in [0.717, 1.165) is 41.3 Å². The molecule has 6 nitrogen and oxygen atoms in total. The fraction of sp³-hybridized carbons (Fsp3) is 0.688. The molecule has 0 bridgehead atoms. The first-order valence-electron chi connectivity index (χ1n) is 8.55. The fourth-order valence-corrected chi connectivity index (χ4v) is 4.61. The zero-order valence-electron chi connectivity index (χ0n) is 14.0. The normalized spacial score (nSPS) is 23.0. The van der Waals surface area contributed by atoms with Crippen LogP contribution in [-0.4, -0.2) is 52.8 Å². The number of urea groups is 1. The maximum atomic E-state index is 13.0. The molecule has 1 aliphatic carbocycles. The predicted molar refractivity (Wildman–Crippen MR) is 88.1 cm³/mol. The number of aryl methyl sites for hydroxylation is 2. The van der Waals surface area contributed by atoms with Crippen LogP contribution in [0.15, 0.2) is 0 Å². The average molecular weight is 391 g/mol. The number of likely N-dealkylation sites (tertiary alicyclic amines) is 1. The third kappa shape index (κ3) is 4.11. The number of rotatable bonds is 4. The van der Waals surface area contributed by atoms with Crippen molar-refractivity contribution in [1.29, 1.82) is 0 Å². The summed E-state index contributed by atoms with van der Waals surface area (Å²) in [6, 6.07) is -0.663. The first-order chi connectivity index (χ1) is 12.3. The van der Waals surface area contributed by atoms with Gasteiger partial charge in [0.15, 0.2) is 0 Å². The number of hydrogen-bond acceptors (Lipinski definition) is 4. The van der Waals surface area contributed by atoms with E-state index in [1.807, 2.05) is 0 Å². The maximum Gasteiger partial charge on any atom is 0.394 e. The molecule has 0 spiro atoms. The Morgan fingerprint density at radius 3 is 2.62 bits per heavy atom.